The molecule has 0 spiro atoms. The third-order valence-electron chi connectivity index (χ3n) is 3.06. The smallest absolute Gasteiger partial charge is 0.236 e. The van der Waals surface area contributed by atoms with Gasteiger partial charge in [-0.1, -0.05) is 23.7 Å². The van der Waals surface area contributed by atoms with E-state index in [0.29, 0.717) is 24.7 Å². The molecular formula is C14H21ClN2O2. The summed E-state index contributed by atoms with van der Waals surface area (Å²) in [6, 6.07) is 7.57. The number of methoxy groups -OCH3 is 1. The van der Waals surface area contributed by atoms with Crippen LogP contribution in [0.4, 0.5) is 0 Å². The van der Waals surface area contributed by atoms with Gasteiger partial charge in [-0.2, -0.15) is 0 Å². The van der Waals surface area contributed by atoms with Crippen molar-refractivity contribution in [2.45, 2.75) is 13.0 Å². The van der Waals surface area contributed by atoms with Gasteiger partial charge in [0.25, 0.3) is 0 Å². The first-order valence-corrected chi connectivity index (χ1v) is 6.65. The molecule has 1 N–H and O–H groups in total. The Morgan fingerprint density at radius 1 is 1.53 bits per heavy atom. The Morgan fingerprint density at radius 2 is 2.26 bits per heavy atom. The molecule has 0 aromatic heterocycles. The summed E-state index contributed by atoms with van der Waals surface area (Å²) in [5.74, 6) is 0.0450. The van der Waals surface area contributed by atoms with Crippen molar-refractivity contribution < 1.29 is 9.53 Å². The molecular weight excluding hydrogens is 264 g/mol. The highest BCUT2D eigenvalue weighted by Gasteiger charge is 2.16. The molecule has 1 aromatic carbocycles. The maximum atomic E-state index is 12.0. The maximum absolute atomic E-state index is 12.0. The molecule has 19 heavy (non-hydrogen) atoms. The topological polar surface area (TPSA) is 41.6 Å². The molecule has 1 aromatic rings. The summed E-state index contributed by atoms with van der Waals surface area (Å²) in [5.41, 5.74) is 1.03. The van der Waals surface area contributed by atoms with Gasteiger partial charge < -0.3 is 15.0 Å². The van der Waals surface area contributed by atoms with Crippen LogP contribution in [0, 0.1) is 0 Å². The van der Waals surface area contributed by atoms with Crippen LogP contribution in [0.25, 0.3) is 0 Å². The monoisotopic (exact) mass is 284 g/mol. The first-order valence-electron chi connectivity index (χ1n) is 6.27. The van der Waals surface area contributed by atoms with E-state index in [1.807, 2.05) is 31.2 Å². The number of rotatable bonds is 7. The third kappa shape index (κ3) is 5.19. The van der Waals surface area contributed by atoms with Gasteiger partial charge in [0.15, 0.2) is 0 Å². The lowest BCUT2D eigenvalue weighted by molar-refractivity contribution is -0.130. The van der Waals surface area contributed by atoms with E-state index in [-0.39, 0.29) is 11.9 Å². The summed E-state index contributed by atoms with van der Waals surface area (Å²) in [7, 11) is 3.43. The Kier molecular flexibility index (Phi) is 6.84. The van der Waals surface area contributed by atoms with Crippen LogP contribution in [-0.2, 0) is 9.53 Å². The molecule has 0 aliphatic carbocycles. The van der Waals surface area contributed by atoms with Crippen molar-refractivity contribution >= 4 is 17.5 Å². The molecule has 1 unspecified atom stereocenters. The van der Waals surface area contributed by atoms with E-state index in [1.54, 1.807) is 19.1 Å². The molecule has 1 rings (SSSR count). The van der Waals surface area contributed by atoms with Crippen LogP contribution in [0.5, 0.6) is 0 Å². The molecule has 0 radical (unpaired) electrons. The number of carbonyl (C=O) groups is 1. The molecule has 1 amide bonds. The Morgan fingerprint density at radius 3 is 2.89 bits per heavy atom. The van der Waals surface area contributed by atoms with E-state index in [2.05, 4.69) is 5.32 Å². The number of halogens is 1. The number of nitrogens with zero attached hydrogens (tertiary/aromatic N) is 1. The van der Waals surface area contributed by atoms with Crippen molar-refractivity contribution in [1.29, 1.82) is 0 Å². The van der Waals surface area contributed by atoms with Crippen molar-refractivity contribution in [3.63, 3.8) is 0 Å². The van der Waals surface area contributed by atoms with Gasteiger partial charge in [0.2, 0.25) is 5.91 Å². The highest BCUT2D eigenvalue weighted by Crippen LogP contribution is 2.21. The molecule has 4 nitrogen and oxygen atoms in total. The molecule has 1 atom stereocenters. The van der Waals surface area contributed by atoms with E-state index >= 15 is 0 Å². The molecule has 0 bridgehead atoms. The molecule has 0 heterocycles. The minimum absolute atomic E-state index is 0.00424. The van der Waals surface area contributed by atoms with Crippen LogP contribution in [0.1, 0.15) is 18.5 Å². The number of likely N-dealkylation sites (N-methyl/N-ethyl adjacent to an activating group) is 1. The fraction of sp³-hybridized carbons (Fsp3) is 0.500. The fourth-order valence-corrected chi connectivity index (χ4v) is 1.90. The average Bonchev–Trinajstić information content (AvgIpc) is 2.41. The van der Waals surface area contributed by atoms with Crippen LogP contribution in [0.15, 0.2) is 24.3 Å². The van der Waals surface area contributed by atoms with Gasteiger partial charge in [0, 0.05) is 25.7 Å². The number of carbonyl (C=O) groups excluding carboxylic acids is 1. The van der Waals surface area contributed by atoms with Gasteiger partial charge in [0.1, 0.15) is 0 Å². The van der Waals surface area contributed by atoms with E-state index < -0.39 is 0 Å². The largest absolute Gasteiger partial charge is 0.383 e. The van der Waals surface area contributed by atoms with Gasteiger partial charge in [-0.3, -0.25) is 4.79 Å². The van der Waals surface area contributed by atoms with Crippen LogP contribution in [0.2, 0.25) is 5.02 Å². The van der Waals surface area contributed by atoms with Gasteiger partial charge in [-0.15, -0.1) is 0 Å². The highest BCUT2D eigenvalue weighted by molar-refractivity contribution is 6.30. The third-order valence-corrected chi connectivity index (χ3v) is 3.30. The summed E-state index contributed by atoms with van der Waals surface area (Å²) >= 11 is 5.96. The molecule has 106 valence electrons. The predicted molar refractivity (Wildman–Crippen MR) is 77.4 cm³/mol. The van der Waals surface area contributed by atoms with Crippen molar-refractivity contribution in [3.8, 4) is 0 Å². The number of amides is 1. The molecule has 0 saturated carbocycles. The zero-order chi connectivity index (χ0) is 14.3. The second-order valence-electron chi connectivity index (χ2n) is 4.41. The first-order chi connectivity index (χ1) is 9.06. The summed E-state index contributed by atoms with van der Waals surface area (Å²) in [5, 5.41) is 3.73. The fourth-order valence-electron chi connectivity index (χ4n) is 1.70. The van der Waals surface area contributed by atoms with Crippen LogP contribution < -0.4 is 5.32 Å². The quantitative estimate of drug-likeness (QED) is 0.780. The molecule has 0 fully saturated rings. The Hall–Kier alpha value is -1.10. The lowest BCUT2D eigenvalue weighted by Gasteiger charge is -2.25. The number of benzene rings is 1. The summed E-state index contributed by atoms with van der Waals surface area (Å²) < 4.78 is 4.91. The number of hydrogen-bond acceptors (Lipinski definition) is 3. The Bertz CT molecular complexity index is 412. The normalized spacial score (nSPS) is 12.2. The van der Waals surface area contributed by atoms with Gasteiger partial charge in [0.05, 0.1) is 19.2 Å². The minimum Gasteiger partial charge on any atom is -0.383 e. The maximum Gasteiger partial charge on any atom is 0.236 e. The van der Waals surface area contributed by atoms with Gasteiger partial charge in [-0.05, 0) is 24.6 Å². The van der Waals surface area contributed by atoms with Gasteiger partial charge >= 0.3 is 0 Å². The molecule has 0 saturated heterocycles. The lowest BCUT2D eigenvalue weighted by atomic mass is 10.1. The van der Waals surface area contributed by atoms with E-state index in [0.717, 1.165) is 5.56 Å². The molecule has 0 aliphatic heterocycles. The predicted octanol–water partition coefficient (Wildman–Crippen LogP) is 2.10. The zero-order valence-corrected chi connectivity index (χ0v) is 12.4. The van der Waals surface area contributed by atoms with E-state index in [9.17, 15) is 4.79 Å². The van der Waals surface area contributed by atoms with E-state index in [1.165, 1.54) is 0 Å². The van der Waals surface area contributed by atoms with E-state index in [4.69, 9.17) is 16.3 Å². The number of nitrogens with one attached hydrogen (secondary N) is 1. The summed E-state index contributed by atoms with van der Waals surface area (Å²) in [4.78, 5) is 13.7. The van der Waals surface area contributed by atoms with Crippen LogP contribution in [-0.4, -0.2) is 44.7 Å². The standard InChI is InChI=1S/C14H21ClN2O2/c1-11(12-5-4-6-13(15)9-12)17(2)14(18)10-16-7-8-19-3/h4-6,9,11,16H,7-8,10H2,1-3H3. The Balaban J connectivity index is 2.51. The van der Waals surface area contributed by atoms with Crippen molar-refractivity contribution in [1.82, 2.24) is 10.2 Å². The lowest BCUT2D eigenvalue weighted by Crippen LogP contribution is -2.38. The summed E-state index contributed by atoms with van der Waals surface area (Å²) in [6.07, 6.45) is 0. The van der Waals surface area contributed by atoms with Crippen LogP contribution >= 0.6 is 11.6 Å². The van der Waals surface area contributed by atoms with Crippen molar-refractivity contribution in [2.75, 3.05) is 33.9 Å². The minimum atomic E-state index is -0.00424. The Labute approximate surface area is 119 Å². The van der Waals surface area contributed by atoms with Gasteiger partial charge in [-0.25, -0.2) is 0 Å². The number of ether oxygens (including phenoxy) is 1. The van der Waals surface area contributed by atoms with Crippen molar-refractivity contribution in [2.24, 2.45) is 0 Å². The first kappa shape index (κ1) is 16.0. The highest BCUT2D eigenvalue weighted by atomic mass is 35.5. The van der Waals surface area contributed by atoms with Crippen molar-refractivity contribution in [3.05, 3.63) is 34.9 Å². The molecule has 0 aliphatic rings. The second-order valence-corrected chi connectivity index (χ2v) is 4.84. The SMILES string of the molecule is COCCNCC(=O)N(C)C(C)c1cccc(Cl)c1. The zero-order valence-electron chi connectivity index (χ0n) is 11.6. The molecule has 5 heteroatoms. The number of hydrogen-bond donors (Lipinski definition) is 1. The van der Waals surface area contributed by atoms with Crippen LogP contribution in [0.3, 0.4) is 0 Å². The summed E-state index contributed by atoms with van der Waals surface area (Å²) in [6.45, 7) is 3.56. The second kappa shape index (κ2) is 8.15. The average molecular weight is 285 g/mol.